The predicted octanol–water partition coefficient (Wildman–Crippen LogP) is -0.327. The van der Waals surface area contributed by atoms with Crippen molar-refractivity contribution < 1.29 is 0 Å². The molecule has 0 atom stereocenters. The van der Waals surface area contributed by atoms with Gasteiger partial charge in [0.05, 0.1) is 0 Å². The monoisotopic (exact) mass is 141 g/mol. The first-order chi connectivity index (χ1) is 4.68. The molecule has 3 heteroatoms. The van der Waals surface area contributed by atoms with Crippen LogP contribution in [0.1, 0.15) is 19.3 Å². The van der Waals surface area contributed by atoms with Crippen LogP contribution in [0.4, 0.5) is 0 Å². The van der Waals surface area contributed by atoms with Crippen LogP contribution in [-0.4, -0.2) is 23.8 Å². The molecule has 0 radical (unpaired) electrons. The Bertz CT molecular complexity index is 136. The first-order valence-electron chi connectivity index (χ1n) is 4.01. The van der Waals surface area contributed by atoms with E-state index in [1.165, 1.54) is 12.8 Å². The standard InChI is InChI=1S/C7H15N3/c8-7(9)5-6-1-3-10(7)4-2-6/h6H,1-5,8-9H2. The molecule has 3 heterocycles. The van der Waals surface area contributed by atoms with Crippen LogP contribution in [0.5, 0.6) is 0 Å². The summed E-state index contributed by atoms with van der Waals surface area (Å²) in [6, 6.07) is 0. The van der Waals surface area contributed by atoms with Crippen LogP contribution in [0, 0.1) is 5.92 Å². The third-order valence-corrected chi connectivity index (χ3v) is 2.82. The van der Waals surface area contributed by atoms with E-state index < -0.39 is 5.79 Å². The summed E-state index contributed by atoms with van der Waals surface area (Å²) in [7, 11) is 0. The highest BCUT2D eigenvalue weighted by atomic mass is 15.4. The van der Waals surface area contributed by atoms with Gasteiger partial charge in [-0.05, 0) is 25.2 Å². The first-order valence-corrected chi connectivity index (χ1v) is 4.01. The molecule has 3 saturated heterocycles. The number of piperidine rings is 3. The SMILES string of the molecule is NC1(N)CC2CCN1CC2. The van der Waals surface area contributed by atoms with Crippen molar-refractivity contribution in [1.82, 2.24) is 4.90 Å². The zero-order chi connectivity index (χ0) is 7.19. The molecule has 0 aromatic carbocycles. The number of rotatable bonds is 0. The van der Waals surface area contributed by atoms with Crippen LogP contribution in [-0.2, 0) is 0 Å². The van der Waals surface area contributed by atoms with Gasteiger partial charge in [-0.25, -0.2) is 0 Å². The fraction of sp³-hybridized carbons (Fsp3) is 1.00. The lowest BCUT2D eigenvalue weighted by atomic mass is 9.84. The van der Waals surface area contributed by atoms with Gasteiger partial charge in [-0.15, -0.1) is 0 Å². The Hall–Kier alpha value is -0.120. The molecule has 0 amide bonds. The lowest BCUT2D eigenvalue weighted by Crippen LogP contribution is -2.69. The lowest BCUT2D eigenvalue weighted by molar-refractivity contribution is -0.0219. The zero-order valence-corrected chi connectivity index (χ0v) is 6.21. The maximum Gasteiger partial charge on any atom is 0.121 e. The molecule has 0 unspecified atom stereocenters. The third-order valence-electron chi connectivity index (χ3n) is 2.82. The van der Waals surface area contributed by atoms with Crippen molar-refractivity contribution in [3.05, 3.63) is 0 Å². The smallest absolute Gasteiger partial charge is 0.121 e. The topological polar surface area (TPSA) is 55.3 Å². The van der Waals surface area contributed by atoms with Crippen molar-refractivity contribution in [3.8, 4) is 0 Å². The average Bonchev–Trinajstić information content (AvgIpc) is 1.87. The minimum absolute atomic E-state index is 0.471. The minimum atomic E-state index is -0.471. The Labute approximate surface area is 61.4 Å². The van der Waals surface area contributed by atoms with Crippen molar-refractivity contribution in [3.63, 3.8) is 0 Å². The van der Waals surface area contributed by atoms with E-state index in [0.29, 0.717) is 0 Å². The molecule has 58 valence electrons. The second-order valence-electron chi connectivity index (χ2n) is 3.63. The summed E-state index contributed by atoms with van der Waals surface area (Å²) in [4.78, 5) is 2.20. The maximum absolute atomic E-state index is 5.87. The minimum Gasteiger partial charge on any atom is -0.301 e. The highest BCUT2D eigenvalue weighted by molar-refractivity contribution is 4.91. The van der Waals surface area contributed by atoms with Crippen molar-refractivity contribution >= 4 is 0 Å². The summed E-state index contributed by atoms with van der Waals surface area (Å²) in [5.74, 6) is 0.334. The summed E-state index contributed by atoms with van der Waals surface area (Å²) < 4.78 is 0. The first kappa shape index (κ1) is 6.58. The Morgan fingerprint density at radius 1 is 1.20 bits per heavy atom. The Balaban J connectivity index is 2.15. The molecule has 3 aliphatic rings. The van der Waals surface area contributed by atoms with Crippen LogP contribution in [0.2, 0.25) is 0 Å². The number of hydrogen-bond donors (Lipinski definition) is 2. The Morgan fingerprint density at radius 3 is 2.00 bits per heavy atom. The van der Waals surface area contributed by atoms with Crippen molar-refractivity contribution in [1.29, 1.82) is 0 Å². The van der Waals surface area contributed by atoms with E-state index in [9.17, 15) is 0 Å². The van der Waals surface area contributed by atoms with Gasteiger partial charge < -0.3 is 11.5 Å². The fourth-order valence-corrected chi connectivity index (χ4v) is 2.14. The molecule has 0 aromatic rings. The van der Waals surface area contributed by atoms with Gasteiger partial charge in [0.1, 0.15) is 5.79 Å². The maximum atomic E-state index is 5.87. The van der Waals surface area contributed by atoms with Crippen molar-refractivity contribution in [2.45, 2.75) is 25.0 Å². The molecule has 3 rings (SSSR count). The number of nitrogens with two attached hydrogens (primary N) is 2. The van der Waals surface area contributed by atoms with E-state index >= 15 is 0 Å². The van der Waals surface area contributed by atoms with Gasteiger partial charge in [-0.3, -0.25) is 4.90 Å². The van der Waals surface area contributed by atoms with Gasteiger partial charge in [-0.1, -0.05) is 0 Å². The number of hydrogen-bond acceptors (Lipinski definition) is 3. The number of nitrogens with zero attached hydrogens (tertiary/aromatic N) is 1. The second kappa shape index (κ2) is 1.94. The average molecular weight is 141 g/mol. The van der Waals surface area contributed by atoms with Crippen LogP contribution >= 0.6 is 0 Å². The van der Waals surface area contributed by atoms with Crippen LogP contribution in [0.15, 0.2) is 0 Å². The molecule has 10 heavy (non-hydrogen) atoms. The second-order valence-corrected chi connectivity index (χ2v) is 3.63. The van der Waals surface area contributed by atoms with Gasteiger partial charge in [-0.2, -0.15) is 0 Å². The summed E-state index contributed by atoms with van der Waals surface area (Å²) in [5, 5.41) is 0. The fourth-order valence-electron chi connectivity index (χ4n) is 2.14. The van der Waals surface area contributed by atoms with E-state index in [1.807, 2.05) is 0 Å². The van der Waals surface area contributed by atoms with Gasteiger partial charge in [0.2, 0.25) is 0 Å². The van der Waals surface area contributed by atoms with Gasteiger partial charge in [0, 0.05) is 13.1 Å². The molecular weight excluding hydrogens is 126 g/mol. The van der Waals surface area contributed by atoms with Gasteiger partial charge in [0.25, 0.3) is 0 Å². The van der Waals surface area contributed by atoms with Gasteiger partial charge >= 0.3 is 0 Å². The molecule has 2 bridgehead atoms. The molecule has 3 nitrogen and oxygen atoms in total. The van der Waals surface area contributed by atoms with Crippen molar-refractivity contribution in [2.75, 3.05) is 13.1 Å². The quantitative estimate of drug-likeness (QED) is 0.454. The van der Waals surface area contributed by atoms with E-state index in [1.54, 1.807) is 0 Å². The molecule has 0 spiro atoms. The third kappa shape index (κ3) is 0.856. The molecule has 0 saturated carbocycles. The summed E-state index contributed by atoms with van der Waals surface area (Å²) in [5.41, 5.74) is 11.7. The van der Waals surface area contributed by atoms with E-state index in [2.05, 4.69) is 4.90 Å². The highest BCUT2D eigenvalue weighted by Gasteiger charge is 2.39. The predicted molar refractivity (Wildman–Crippen MR) is 40.0 cm³/mol. The number of fused-ring (bicyclic) bond motifs is 3. The molecule has 3 fully saturated rings. The Morgan fingerprint density at radius 2 is 1.80 bits per heavy atom. The van der Waals surface area contributed by atoms with Crippen LogP contribution in [0.3, 0.4) is 0 Å². The summed E-state index contributed by atoms with van der Waals surface area (Å²) >= 11 is 0. The normalized spacial score (nSPS) is 43.8. The summed E-state index contributed by atoms with van der Waals surface area (Å²) in [6.45, 7) is 2.22. The molecule has 3 aliphatic heterocycles. The van der Waals surface area contributed by atoms with Crippen LogP contribution in [0.25, 0.3) is 0 Å². The molecule has 4 N–H and O–H groups in total. The largest absolute Gasteiger partial charge is 0.301 e. The van der Waals surface area contributed by atoms with Crippen molar-refractivity contribution in [2.24, 2.45) is 17.4 Å². The lowest BCUT2D eigenvalue weighted by Gasteiger charge is -2.50. The zero-order valence-electron chi connectivity index (χ0n) is 6.21. The van der Waals surface area contributed by atoms with Gasteiger partial charge in [0.15, 0.2) is 0 Å². The van der Waals surface area contributed by atoms with E-state index in [4.69, 9.17) is 11.5 Å². The van der Waals surface area contributed by atoms with Crippen LogP contribution < -0.4 is 11.5 Å². The molecule has 0 aliphatic carbocycles. The highest BCUT2D eigenvalue weighted by Crippen LogP contribution is 2.32. The molecule has 0 aromatic heterocycles. The summed E-state index contributed by atoms with van der Waals surface area (Å²) in [6.07, 6.45) is 3.60. The molecular formula is C7H15N3. The van der Waals surface area contributed by atoms with E-state index in [-0.39, 0.29) is 0 Å². The van der Waals surface area contributed by atoms with E-state index in [0.717, 1.165) is 25.4 Å². The Kier molecular flexibility index (Phi) is 1.27.